The van der Waals surface area contributed by atoms with E-state index < -0.39 is 0 Å². The Labute approximate surface area is 121 Å². The van der Waals surface area contributed by atoms with Gasteiger partial charge in [0.2, 0.25) is 0 Å². The van der Waals surface area contributed by atoms with Gasteiger partial charge in [-0.25, -0.2) is 0 Å². The molecule has 0 aromatic heterocycles. The number of nitrogens with one attached hydrogen (secondary N) is 1. The third-order valence-corrected chi connectivity index (χ3v) is 3.64. The monoisotopic (exact) mass is 289 g/mol. The second-order valence-electron chi connectivity index (χ2n) is 4.83. The molecule has 0 aliphatic carbocycles. The largest absolute Gasteiger partial charge is 0.384 e. The van der Waals surface area contributed by atoms with Crippen molar-refractivity contribution < 1.29 is 0 Å². The lowest BCUT2D eigenvalue weighted by Crippen LogP contribution is -2.43. The zero-order chi connectivity index (χ0) is 11.0. The third kappa shape index (κ3) is 2.85. The Kier molecular flexibility index (Phi) is 5.57. The van der Waals surface area contributed by atoms with Crippen LogP contribution in [0.3, 0.4) is 0 Å². The highest BCUT2D eigenvalue weighted by molar-refractivity contribution is 5.85. The summed E-state index contributed by atoms with van der Waals surface area (Å²) >= 11 is 0. The molecule has 3 N–H and O–H groups in total. The topological polar surface area (TPSA) is 41.3 Å². The fourth-order valence-electron chi connectivity index (χ4n) is 2.85. The summed E-state index contributed by atoms with van der Waals surface area (Å²) in [6, 6.07) is 6.91. The Hall–Kier alpha value is -0.640. The molecule has 2 aliphatic rings. The lowest BCUT2D eigenvalue weighted by Gasteiger charge is -2.33. The Morgan fingerprint density at radius 1 is 1.28 bits per heavy atom. The smallest absolute Gasteiger partial charge is 0.0420 e. The number of halogens is 2. The van der Waals surface area contributed by atoms with Crippen LogP contribution in [0.1, 0.15) is 18.4 Å². The first-order chi connectivity index (χ1) is 7.84. The minimum absolute atomic E-state index is 0. The number of nitrogens with two attached hydrogens (primary N) is 1. The standard InChI is InChI=1S/C13H19N3.2ClH/c14-10-3-2-8-16(9-10)13-5-1-4-12-11(13)6-7-15-12;;/h1,4-5,10,15H,2-3,6-9,14H2;2*1H. The van der Waals surface area contributed by atoms with Gasteiger partial charge in [-0.05, 0) is 31.4 Å². The molecule has 0 saturated carbocycles. The number of benzene rings is 1. The first-order valence-corrected chi connectivity index (χ1v) is 6.21. The number of nitrogens with zero attached hydrogens (tertiary/aromatic N) is 1. The molecule has 0 amide bonds. The highest BCUT2D eigenvalue weighted by Gasteiger charge is 2.22. The van der Waals surface area contributed by atoms with Gasteiger partial charge in [0.05, 0.1) is 0 Å². The van der Waals surface area contributed by atoms with Crippen molar-refractivity contribution >= 4 is 36.2 Å². The normalized spacial score (nSPS) is 21.4. The van der Waals surface area contributed by atoms with Crippen LogP contribution in [-0.2, 0) is 6.42 Å². The molecule has 1 atom stereocenters. The minimum atomic E-state index is 0. The van der Waals surface area contributed by atoms with E-state index >= 15 is 0 Å². The Bertz CT molecular complexity index is 398. The van der Waals surface area contributed by atoms with Crippen LogP contribution in [0, 0.1) is 0 Å². The van der Waals surface area contributed by atoms with E-state index in [1.807, 2.05) is 0 Å². The average Bonchev–Trinajstić information content (AvgIpc) is 2.76. The zero-order valence-corrected chi connectivity index (χ0v) is 12.0. The van der Waals surface area contributed by atoms with E-state index in [2.05, 4.69) is 28.4 Å². The van der Waals surface area contributed by atoms with E-state index in [1.54, 1.807) is 0 Å². The molecule has 1 unspecified atom stereocenters. The molecular weight excluding hydrogens is 269 g/mol. The summed E-state index contributed by atoms with van der Waals surface area (Å²) in [5, 5.41) is 3.43. The Morgan fingerprint density at radius 3 is 2.89 bits per heavy atom. The summed E-state index contributed by atoms with van der Waals surface area (Å²) in [6.45, 7) is 3.24. The van der Waals surface area contributed by atoms with Gasteiger partial charge in [-0.15, -0.1) is 24.8 Å². The van der Waals surface area contributed by atoms with Gasteiger partial charge in [-0.2, -0.15) is 0 Å². The van der Waals surface area contributed by atoms with Crippen LogP contribution in [0.25, 0.3) is 0 Å². The minimum Gasteiger partial charge on any atom is -0.384 e. The molecule has 1 fully saturated rings. The summed E-state index contributed by atoms with van der Waals surface area (Å²) in [4.78, 5) is 2.46. The summed E-state index contributed by atoms with van der Waals surface area (Å²) < 4.78 is 0. The van der Waals surface area contributed by atoms with E-state index in [-0.39, 0.29) is 24.8 Å². The van der Waals surface area contributed by atoms with Gasteiger partial charge in [-0.1, -0.05) is 6.07 Å². The fourth-order valence-corrected chi connectivity index (χ4v) is 2.85. The molecule has 1 saturated heterocycles. The number of fused-ring (bicyclic) bond motifs is 1. The number of hydrogen-bond donors (Lipinski definition) is 2. The molecule has 102 valence electrons. The maximum atomic E-state index is 6.05. The Balaban J connectivity index is 0.000000810. The van der Waals surface area contributed by atoms with Crippen LogP contribution in [0.5, 0.6) is 0 Å². The molecule has 5 heteroatoms. The molecule has 2 heterocycles. The molecule has 0 radical (unpaired) electrons. The van der Waals surface area contributed by atoms with Crippen LogP contribution >= 0.6 is 24.8 Å². The molecule has 1 aromatic rings. The predicted molar refractivity (Wildman–Crippen MR) is 82.6 cm³/mol. The van der Waals surface area contributed by atoms with Gasteiger partial charge < -0.3 is 16.0 Å². The Morgan fingerprint density at radius 2 is 2.11 bits per heavy atom. The lowest BCUT2D eigenvalue weighted by molar-refractivity contribution is 0.505. The number of hydrogen-bond acceptors (Lipinski definition) is 3. The van der Waals surface area contributed by atoms with Crippen molar-refractivity contribution in [3.05, 3.63) is 23.8 Å². The van der Waals surface area contributed by atoms with Crippen molar-refractivity contribution in [2.24, 2.45) is 5.73 Å². The molecule has 3 nitrogen and oxygen atoms in total. The summed E-state index contributed by atoms with van der Waals surface area (Å²) in [7, 11) is 0. The number of piperidine rings is 1. The van der Waals surface area contributed by atoms with E-state index in [4.69, 9.17) is 5.73 Å². The van der Waals surface area contributed by atoms with Crippen LogP contribution in [-0.4, -0.2) is 25.7 Å². The van der Waals surface area contributed by atoms with Gasteiger partial charge in [-0.3, -0.25) is 0 Å². The van der Waals surface area contributed by atoms with Crippen molar-refractivity contribution in [2.75, 3.05) is 29.9 Å². The average molecular weight is 290 g/mol. The van der Waals surface area contributed by atoms with E-state index in [0.717, 1.165) is 26.1 Å². The molecule has 3 rings (SSSR count). The number of anilines is 2. The van der Waals surface area contributed by atoms with Crippen LogP contribution in [0.15, 0.2) is 18.2 Å². The van der Waals surface area contributed by atoms with Gasteiger partial charge in [0.1, 0.15) is 0 Å². The van der Waals surface area contributed by atoms with Crippen LogP contribution < -0.4 is 16.0 Å². The van der Waals surface area contributed by atoms with Crippen molar-refractivity contribution in [2.45, 2.75) is 25.3 Å². The second kappa shape index (κ2) is 6.50. The summed E-state index contributed by atoms with van der Waals surface area (Å²) in [5.41, 5.74) is 10.3. The van der Waals surface area contributed by atoms with Crippen molar-refractivity contribution in [1.29, 1.82) is 0 Å². The fraction of sp³-hybridized carbons (Fsp3) is 0.538. The first kappa shape index (κ1) is 15.4. The van der Waals surface area contributed by atoms with Crippen molar-refractivity contribution in [1.82, 2.24) is 0 Å². The summed E-state index contributed by atoms with van der Waals surface area (Å²) in [6.07, 6.45) is 3.54. The quantitative estimate of drug-likeness (QED) is 0.834. The molecule has 0 bridgehead atoms. The van der Waals surface area contributed by atoms with Crippen LogP contribution in [0.2, 0.25) is 0 Å². The van der Waals surface area contributed by atoms with Gasteiger partial charge in [0.15, 0.2) is 0 Å². The summed E-state index contributed by atoms with van der Waals surface area (Å²) in [5.74, 6) is 0. The third-order valence-electron chi connectivity index (χ3n) is 3.64. The molecular formula is C13H21Cl2N3. The molecule has 18 heavy (non-hydrogen) atoms. The van der Waals surface area contributed by atoms with Gasteiger partial charge in [0.25, 0.3) is 0 Å². The first-order valence-electron chi connectivity index (χ1n) is 6.21. The maximum Gasteiger partial charge on any atom is 0.0420 e. The highest BCUT2D eigenvalue weighted by Crippen LogP contribution is 2.32. The molecule has 0 spiro atoms. The van der Waals surface area contributed by atoms with E-state index in [1.165, 1.54) is 29.8 Å². The zero-order valence-electron chi connectivity index (χ0n) is 10.4. The van der Waals surface area contributed by atoms with Crippen molar-refractivity contribution in [3.63, 3.8) is 0 Å². The van der Waals surface area contributed by atoms with Crippen LogP contribution in [0.4, 0.5) is 11.4 Å². The molecule has 1 aromatic carbocycles. The van der Waals surface area contributed by atoms with E-state index in [0.29, 0.717) is 6.04 Å². The van der Waals surface area contributed by atoms with E-state index in [9.17, 15) is 0 Å². The number of rotatable bonds is 1. The van der Waals surface area contributed by atoms with Gasteiger partial charge in [0, 0.05) is 42.6 Å². The van der Waals surface area contributed by atoms with Gasteiger partial charge >= 0.3 is 0 Å². The van der Waals surface area contributed by atoms with Crippen molar-refractivity contribution in [3.8, 4) is 0 Å². The highest BCUT2D eigenvalue weighted by atomic mass is 35.5. The predicted octanol–water partition coefficient (Wildman–Crippen LogP) is 2.43. The second-order valence-corrected chi connectivity index (χ2v) is 4.83. The SMILES string of the molecule is Cl.Cl.NC1CCCN(c2cccc3c2CCN3)C1. The maximum absolute atomic E-state index is 6.05. The lowest BCUT2D eigenvalue weighted by atomic mass is 10.0. The molecule has 2 aliphatic heterocycles.